The van der Waals surface area contributed by atoms with Crippen LogP contribution in [0.5, 0.6) is 0 Å². The third-order valence-corrected chi connectivity index (χ3v) is 3.75. The normalized spacial score (nSPS) is 23.2. The summed E-state index contributed by atoms with van der Waals surface area (Å²) in [6, 6.07) is 7.02. The van der Waals surface area contributed by atoms with Crippen LogP contribution >= 0.6 is 0 Å². The van der Waals surface area contributed by atoms with Gasteiger partial charge >= 0.3 is 5.97 Å². The van der Waals surface area contributed by atoms with Crippen molar-refractivity contribution in [2.75, 3.05) is 6.54 Å². The largest absolute Gasteiger partial charge is 0.478 e. The highest BCUT2D eigenvalue weighted by atomic mass is 16.4. The number of aliphatic hydroxyl groups excluding tert-OH is 1. The molecule has 1 aromatic carbocycles. The molecule has 0 saturated heterocycles. The first kappa shape index (κ1) is 14.0. The van der Waals surface area contributed by atoms with Crippen molar-refractivity contribution in [2.45, 2.75) is 38.3 Å². The first-order valence-corrected chi connectivity index (χ1v) is 6.86. The highest BCUT2D eigenvalue weighted by Crippen LogP contribution is 2.23. The van der Waals surface area contributed by atoms with Crippen molar-refractivity contribution in [1.82, 2.24) is 5.32 Å². The Morgan fingerprint density at radius 3 is 2.68 bits per heavy atom. The Kier molecular flexibility index (Phi) is 4.93. The van der Waals surface area contributed by atoms with Crippen LogP contribution in [0, 0.1) is 5.92 Å². The second kappa shape index (κ2) is 6.68. The van der Waals surface area contributed by atoms with E-state index in [1.54, 1.807) is 18.2 Å². The molecule has 104 valence electrons. The quantitative estimate of drug-likeness (QED) is 0.760. The lowest BCUT2D eigenvalue weighted by molar-refractivity contribution is 0.0696. The maximum absolute atomic E-state index is 10.9. The van der Waals surface area contributed by atoms with Gasteiger partial charge in [-0.1, -0.05) is 12.1 Å². The lowest BCUT2D eigenvalue weighted by Gasteiger charge is -2.25. The lowest BCUT2D eigenvalue weighted by atomic mass is 9.87. The van der Waals surface area contributed by atoms with Crippen molar-refractivity contribution < 1.29 is 15.0 Å². The number of carbonyl (C=O) groups is 1. The Bertz CT molecular complexity index is 425. The topological polar surface area (TPSA) is 69.6 Å². The number of carboxylic acids is 1. The zero-order valence-electron chi connectivity index (χ0n) is 11.0. The maximum atomic E-state index is 10.9. The van der Waals surface area contributed by atoms with Gasteiger partial charge < -0.3 is 15.5 Å². The molecule has 4 nitrogen and oxygen atoms in total. The van der Waals surface area contributed by atoms with Gasteiger partial charge in [-0.2, -0.15) is 0 Å². The van der Waals surface area contributed by atoms with E-state index in [9.17, 15) is 9.90 Å². The van der Waals surface area contributed by atoms with Crippen LogP contribution in [0.25, 0.3) is 0 Å². The van der Waals surface area contributed by atoms with E-state index in [0.29, 0.717) is 18.0 Å². The van der Waals surface area contributed by atoms with E-state index in [1.165, 1.54) is 0 Å². The summed E-state index contributed by atoms with van der Waals surface area (Å²) in [6.45, 7) is 1.63. The minimum absolute atomic E-state index is 0.108. The van der Waals surface area contributed by atoms with Gasteiger partial charge in [0.1, 0.15) is 0 Å². The third-order valence-electron chi connectivity index (χ3n) is 3.75. The molecule has 0 amide bonds. The van der Waals surface area contributed by atoms with Crippen LogP contribution in [-0.2, 0) is 6.54 Å². The molecule has 1 fully saturated rings. The zero-order valence-corrected chi connectivity index (χ0v) is 11.0. The van der Waals surface area contributed by atoms with Gasteiger partial charge in [0.25, 0.3) is 0 Å². The Morgan fingerprint density at radius 2 is 2.00 bits per heavy atom. The van der Waals surface area contributed by atoms with Crippen molar-refractivity contribution in [3.63, 3.8) is 0 Å². The number of aliphatic hydroxyl groups is 1. The van der Waals surface area contributed by atoms with Crippen LogP contribution < -0.4 is 5.32 Å². The van der Waals surface area contributed by atoms with Crippen molar-refractivity contribution >= 4 is 5.97 Å². The Morgan fingerprint density at radius 1 is 1.26 bits per heavy atom. The molecule has 1 aliphatic rings. The highest BCUT2D eigenvalue weighted by Gasteiger charge is 2.18. The van der Waals surface area contributed by atoms with Crippen molar-refractivity contribution in [2.24, 2.45) is 5.92 Å². The molecule has 4 heteroatoms. The fourth-order valence-corrected chi connectivity index (χ4v) is 2.58. The van der Waals surface area contributed by atoms with Crippen LogP contribution in [0.4, 0.5) is 0 Å². The second-order valence-corrected chi connectivity index (χ2v) is 5.31. The highest BCUT2D eigenvalue weighted by molar-refractivity contribution is 5.87. The van der Waals surface area contributed by atoms with E-state index in [2.05, 4.69) is 5.32 Å². The summed E-state index contributed by atoms with van der Waals surface area (Å²) in [5.74, 6) is -0.255. The average Bonchev–Trinajstić information content (AvgIpc) is 2.41. The summed E-state index contributed by atoms with van der Waals surface area (Å²) < 4.78 is 0. The number of aromatic carboxylic acids is 1. The van der Waals surface area contributed by atoms with Gasteiger partial charge in [-0.15, -0.1) is 0 Å². The van der Waals surface area contributed by atoms with E-state index in [0.717, 1.165) is 37.8 Å². The molecular formula is C15H21NO3. The van der Waals surface area contributed by atoms with E-state index >= 15 is 0 Å². The molecule has 2 rings (SSSR count). The molecule has 1 saturated carbocycles. The SMILES string of the molecule is O=C(O)c1cccc(CNCC2CCC(O)CC2)c1. The summed E-state index contributed by atoms with van der Waals surface area (Å²) in [6.07, 6.45) is 3.84. The Labute approximate surface area is 113 Å². The summed E-state index contributed by atoms with van der Waals surface area (Å²) >= 11 is 0. The lowest BCUT2D eigenvalue weighted by Crippen LogP contribution is -2.27. The Balaban J connectivity index is 1.76. The number of benzene rings is 1. The van der Waals surface area contributed by atoms with Gasteiger partial charge in [0.05, 0.1) is 11.7 Å². The third kappa shape index (κ3) is 4.33. The molecule has 3 N–H and O–H groups in total. The minimum atomic E-state index is -0.886. The molecule has 0 radical (unpaired) electrons. The summed E-state index contributed by atoms with van der Waals surface area (Å²) in [5.41, 5.74) is 1.33. The molecule has 0 spiro atoms. The van der Waals surface area contributed by atoms with E-state index in [-0.39, 0.29) is 6.10 Å². The standard InChI is InChI=1S/C15H21NO3/c17-14-6-4-11(5-7-14)9-16-10-12-2-1-3-13(8-12)15(18)19/h1-3,8,11,14,16-17H,4-7,9-10H2,(H,18,19). The average molecular weight is 263 g/mol. The van der Waals surface area contributed by atoms with E-state index in [4.69, 9.17) is 5.11 Å². The predicted molar refractivity (Wildman–Crippen MR) is 73.1 cm³/mol. The van der Waals surface area contributed by atoms with Gasteiger partial charge in [0, 0.05) is 6.54 Å². The summed E-state index contributed by atoms with van der Waals surface area (Å²) in [4.78, 5) is 10.9. The molecule has 0 bridgehead atoms. The van der Waals surface area contributed by atoms with E-state index in [1.807, 2.05) is 6.07 Å². The number of nitrogens with one attached hydrogen (secondary N) is 1. The van der Waals surface area contributed by atoms with Crippen LogP contribution in [-0.4, -0.2) is 28.8 Å². The predicted octanol–water partition coefficient (Wildman–Crippen LogP) is 2.03. The van der Waals surface area contributed by atoms with Crippen LogP contribution in [0.15, 0.2) is 24.3 Å². The molecule has 0 aliphatic heterocycles. The first-order chi connectivity index (χ1) is 9.15. The monoisotopic (exact) mass is 263 g/mol. The molecule has 0 heterocycles. The van der Waals surface area contributed by atoms with Crippen LogP contribution in [0.1, 0.15) is 41.6 Å². The molecule has 0 unspecified atom stereocenters. The Hall–Kier alpha value is -1.39. The number of carboxylic acid groups (broad SMARTS) is 1. The van der Waals surface area contributed by atoms with Gasteiger partial charge in [0.15, 0.2) is 0 Å². The fraction of sp³-hybridized carbons (Fsp3) is 0.533. The molecule has 0 atom stereocenters. The fourth-order valence-electron chi connectivity index (χ4n) is 2.58. The number of hydrogen-bond donors (Lipinski definition) is 3. The summed E-state index contributed by atoms with van der Waals surface area (Å²) in [7, 11) is 0. The summed E-state index contributed by atoms with van der Waals surface area (Å²) in [5, 5.41) is 21.7. The smallest absolute Gasteiger partial charge is 0.335 e. The van der Waals surface area contributed by atoms with Crippen molar-refractivity contribution in [3.05, 3.63) is 35.4 Å². The van der Waals surface area contributed by atoms with E-state index < -0.39 is 5.97 Å². The van der Waals surface area contributed by atoms with Gasteiger partial charge in [0.2, 0.25) is 0 Å². The van der Waals surface area contributed by atoms with Gasteiger partial charge in [-0.05, 0) is 55.8 Å². The number of rotatable bonds is 5. The molecule has 19 heavy (non-hydrogen) atoms. The van der Waals surface area contributed by atoms with Crippen LogP contribution in [0.3, 0.4) is 0 Å². The van der Waals surface area contributed by atoms with Crippen LogP contribution in [0.2, 0.25) is 0 Å². The molecule has 0 aromatic heterocycles. The van der Waals surface area contributed by atoms with Crippen molar-refractivity contribution in [1.29, 1.82) is 0 Å². The molecule has 1 aromatic rings. The molecular weight excluding hydrogens is 242 g/mol. The van der Waals surface area contributed by atoms with Crippen molar-refractivity contribution in [3.8, 4) is 0 Å². The second-order valence-electron chi connectivity index (χ2n) is 5.31. The van der Waals surface area contributed by atoms with Gasteiger partial charge in [-0.3, -0.25) is 0 Å². The molecule has 1 aliphatic carbocycles. The van der Waals surface area contributed by atoms with Gasteiger partial charge in [-0.25, -0.2) is 4.79 Å². The first-order valence-electron chi connectivity index (χ1n) is 6.86. The number of hydrogen-bond acceptors (Lipinski definition) is 3. The zero-order chi connectivity index (χ0) is 13.7. The minimum Gasteiger partial charge on any atom is -0.478 e. The maximum Gasteiger partial charge on any atom is 0.335 e.